The number of hydrogen-bond donors (Lipinski definition) is 2. The van der Waals surface area contributed by atoms with Gasteiger partial charge in [0.25, 0.3) is 5.92 Å². The van der Waals surface area contributed by atoms with Gasteiger partial charge in [0.1, 0.15) is 11.6 Å². The van der Waals surface area contributed by atoms with Crippen LogP contribution >= 0.6 is 0 Å². The zero-order chi connectivity index (χ0) is 23.0. The Morgan fingerprint density at radius 2 is 1.88 bits per heavy atom. The second-order valence-electron chi connectivity index (χ2n) is 8.26. The van der Waals surface area contributed by atoms with Crippen LogP contribution in [0.3, 0.4) is 0 Å². The van der Waals surface area contributed by atoms with Gasteiger partial charge in [-0.25, -0.2) is 22.9 Å². The Bertz CT molecular complexity index is 1170. The van der Waals surface area contributed by atoms with E-state index in [0.717, 1.165) is 5.56 Å². The smallest absolute Gasteiger partial charge is 0.337 e. The van der Waals surface area contributed by atoms with Gasteiger partial charge in [-0.05, 0) is 49.7 Å². The molecule has 0 aliphatic carbocycles. The van der Waals surface area contributed by atoms with E-state index in [0.29, 0.717) is 28.0 Å². The molecule has 1 aliphatic heterocycles. The molecular weight excluding hydrogens is 419 g/mol. The molecule has 3 aromatic rings. The van der Waals surface area contributed by atoms with Crippen LogP contribution in [0.15, 0.2) is 42.5 Å². The van der Waals surface area contributed by atoms with E-state index in [1.807, 2.05) is 17.9 Å². The Morgan fingerprint density at radius 3 is 2.56 bits per heavy atom. The maximum atomic E-state index is 14.4. The first kappa shape index (κ1) is 21.9. The van der Waals surface area contributed by atoms with Gasteiger partial charge in [0.15, 0.2) is 0 Å². The number of para-hydroxylation sites is 1. The molecular formula is C24H24F3N3O2. The highest BCUT2D eigenvalue weighted by Crippen LogP contribution is 2.34. The molecule has 1 saturated heterocycles. The summed E-state index contributed by atoms with van der Waals surface area (Å²) < 4.78 is 41.7. The first-order valence-corrected chi connectivity index (χ1v) is 10.5. The Morgan fingerprint density at radius 1 is 1.19 bits per heavy atom. The predicted molar refractivity (Wildman–Crippen MR) is 118 cm³/mol. The Labute approximate surface area is 183 Å². The first-order chi connectivity index (χ1) is 15.1. The molecule has 1 fully saturated rings. The molecule has 32 heavy (non-hydrogen) atoms. The van der Waals surface area contributed by atoms with Gasteiger partial charge in [-0.1, -0.05) is 12.1 Å². The first-order valence-electron chi connectivity index (χ1n) is 10.5. The molecule has 8 heteroatoms. The van der Waals surface area contributed by atoms with Gasteiger partial charge in [-0.15, -0.1) is 0 Å². The molecule has 0 amide bonds. The third kappa shape index (κ3) is 4.35. The molecule has 5 nitrogen and oxygen atoms in total. The van der Waals surface area contributed by atoms with E-state index in [2.05, 4.69) is 5.32 Å². The number of aromatic nitrogens is 1. The number of pyridine rings is 1. The lowest BCUT2D eigenvalue weighted by Gasteiger charge is -2.33. The monoisotopic (exact) mass is 443 g/mol. The zero-order valence-electron chi connectivity index (χ0n) is 17.8. The number of benzene rings is 2. The minimum atomic E-state index is -2.66. The van der Waals surface area contributed by atoms with Crippen LogP contribution in [-0.2, 0) is 0 Å². The number of piperidine rings is 1. The molecule has 0 unspecified atom stereocenters. The number of carboxylic acid groups (broad SMARTS) is 1. The van der Waals surface area contributed by atoms with Crippen LogP contribution in [0.2, 0.25) is 0 Å². The van der Waals surface area contributed by atoms with E-state index in [4.69, 9.17) is 4.98 Å². The van der Waals surface area contributed by atoms with E-state index < -0.39 is 23.8 Å². The van der Waals surface area contributed by atoms with Crippen molar-refractivity contribution in [1.29, 1.82) is 0 Å². The lowest BCUT2D eigenvalue weighted by Crippen LogP contribution is -2.40. The molecule has 2 aromatic carbocycles. The van der Waals surface area contributed by atoms with Crippen LogP contribution in [0.4, 0.5) is 24.7 Å². The third-order valence-corrected chi connectivity index (χ3v) is 5.87. The zero-order valence-corrected chi connectivity index (χ0v) is 17.8. The Hall–Kier alpha value is -3.29. The quantitative estimate of drug-likeness (QED) is 0.523. The number of anilines is 2. The van der Waals surface area contributed by atoms with E-state index >= 15 is 0 Å². The number of carboxylic acids is 1. The van der Waals surface area contributed by atoms with Crippen molar-refractivity contribution in [2.24, 2.45) is 0 Å². The van der Waals surface area contributed by atoms with Crippen molar-refractivity contribution in [2.45, 2.75) is 38.7 Å². The van der Waals surface area contributed by atoms with E-state index in [1.165, 1.54) is 18.2 Å². The molecule has 0 radical (unpaired) electrons. The van der Waals surface area contributed by atoms with E-state index in [-0.39, 0.29) is 31.5 Å². The molecule has 0 spiro atoms. The van der Waals surface area contributed by atoms with Gasteiger partial charge in [0, 0.05) is 42.6 Å². The van der Waals surface area contributed by atoms with Gasteiger partial charge in [-0.3, -0.25) is 0 Å². The standard InChI is InChI=1S/C24H24F3N3O2/c1-14-11-16-12-17(25)13-19(15(2)28-20-6-4-3-5-18(20)23(31)32)21(16)29-22(14)30-9-7-24(26,27)8-10-30/h3-6,11-13,15,28H,7-10H2,1-2H3,(H,31,32)/t15-/m0/s1. The fourth-order valence-corrected chi connectivity index (χ4v) is 4.18. The molecule has 0 bridgehead atoms. The van der Waals surface area contributed by atoms with E-state index in [1.54, 1.807) is 25.1 Å². The average Bonchev–Trinajstić information content (AvgIpc) is 2.73. The SMILES string of the molecule is Cc1cc2cc(F)cc([C@H](C)Nc3ccccc3C(=O)O)c2nc1N1CCC(F)(F)CC1. The Kier molecular flexibility index (Phi) is 5.71. The number of alkyl halides is 2. The van der Waals surface area contributed by atoms with Crippen LogP contribution in [0.5, 0.6) is 0 Å². The normalized spacial score (nSPS) is 16.7. The summed E-state index contributed by atoms with van der Waals surface area (Å²) >= 11 is 0. The van der Waals surface area contributed by atoms with Gasteiger partial charge in [0.05, 0.1) is 17.1 Å². The summed E-state index contributed by atoms with van der Waals surface area (Å²) in [5.41, 5.74) is 2.42. The van der Waals surface area contributed by atoms with Crippen LogP contribution in [0, 0.1) is 12.7 Å². The van der Waals surface area contributed by atoms with E-state index in [9.17, 15) is 23.1 Å². The lowest BCUT2D eigenvalue weighted by atomic mass is 10.0. The van der Waals surface area contributed by atoms with Crippen LogP contribution < -0.4 is 10.2 Å². The average molecular weight is 443 g/mol. The minimum Gasteiger partial charge on any atom is -0.478 e. The van der Waals surface area contributed by atoms with Gasteiger partial charge in [-0.2, -0.15) is 0 Å². The van der Waals surface area contributed by atoms with Gasteiger partial charge < -0.3 is 15.3 Å². The summed E-state index contributed by atoms with van der Waals surface area (Å²) in [4.78, 5) is 18.1. The van der Waals surface area contributed by atoms with Gasteiger partial charge >= 0.3 is 5.97 Å². The summed E-state index contributed by atoms with van der Waals surface area (Å²) in [6, 6.07) is 10.6. The van der Waals surface area contributed by atoms with Crippen LogP contribution in [0.25, 0.3) is 10.9 Å². The molecule has 0 saturated carbocycles. The number of halogens is 3. The fraction of sp³-hybridized carbons (Fsp3) is 0.333. The maximum absolute atomic E-state index is 14.4. The van der Waals surface area contributed by atoms with Crippen molar-refractivity contribution in [3.05, 3.63) is 65.0 Å². The topological polar surface area (TPSA) is 65.5 Å². The number of aryl methyl sites for hydroxylation is 1. The summed E-state index contributed by atoms with van der Waals surface area (Å²) in [5.74, 6) is -3.55. The number of rotatable bonds is 5. The molecule has 1 atom stereocenters. The molecule has 1 aromatic heterocycles. The fourth-order valence-electron chi connectivity index (χ4n) is 4.18. The van der Waals surface area contributed by atoms with Crippen LogP contribution in [-0.4, -0.2) is 35.1 Å². The second kappa shape index (κ2) is 8.33. The summed E-state index contributed by atoms with van der Waals surface area (Å²) in [7, 11) is 0. The highest BCUT2D eigenvalue weighted by molar-refractivity contribution is 5.94. The number of hydrogen-bond acceptors (Lipinski definition) is 4. The predicted octanol–water partition coefficient (Wildman–Crippen LogP) is 5.79. The second-order valence-corrected chi connectivity index (χ2v) is 8.26. The number of nitrogens with one attached hydrogen (secondary N) is 1. The van der Waals surface area contributed by atoms with Crippen molar-refractivity contribution in [2.75, 3.05) is 23.3 Å². The summed E-state index contributed by atoms with van der Waals surface area (Å²) in [6.45, 7) is 4.03. The molecule has 4 rings (SSSR count). The minimum absolute atomic E-state index is 0.110. The van der Waals surface area contributed by atoms with Crippen molar-refractivity contribution in [3.8, 4) is 0 Å². The Balaban J connectivity index is 1.73. The van der Waals surface area contributed by atoms with Gasteiger partial charge in [0.2, 0.25) is 0 Å². The maximum Gasteiger partial charge on any atom is 0.337 e. The molecule has 168 valence electrons. The molecule has 2 heterocycles. The lowest BCUT2D eigenvalue weighted by molar-refractivity contribution is -0.0221. The van der Waals surface area contributed by atoms with Crippen molar-refractivity contribution < 1.29 is 23.1 Å². The van der Waals surface area contributed by atoms with Crippen LogP contribution in [0.1, 0.15) is 47.3 Å². The molecule has 1 aliphatic rings. The highest BCUT2D eigenvalue weighted by atomic mass is 19.3. The van der Waals surface area contributed by atoms with Crippen molar-refractivity contribution >= 4 is 28.4 Å². The summed E-state index contributed by atoms with van der Waals surface area (Å²) in [6.07, 6.45) is -0.460. The highest BCUT2D eigenvalue weighted by Gasteiger charge is 2.35. The largest absolute Gasteiger partial charge is 0.478 e. The molecule has 2 N–H and O–H groups in total. The van der Waals surface area contributed by atoms with Crippen molar-refractivity contribution in [3.63, 3.8) is 0 Å². The number of nitrogens with zero attached hydrogens (tertiary/aromatic N) is 2. The van der Waals surface area contributed by atoms with Crippen molar-refractivity contribution in [1.82, 2.24) is 4.98 Å². The summed E-state index contributed by atoms with van der Waals surface area (Å²) in [5, 5.41) is 13.2. The number of carbonyl (C=O) groups is 1. The third-order valence-electron chi connectivity index (χ3n) is 5.87. The number of fused-ring (bicyclic) bond motifs is 1. The number of aromatic carboxylic acids is 1.